The maximum atomic E-state index is 15.0. The number of rotatable bonds is 11. The number of alkyl halides is 3. The molecule has 1 saturated heterocycles. The number of nitrogens with one attached hydrogen (secondary N) is 3. The van der Waals surface area contributed by atoms with Crippen LogP contribution in [0.5, 0.6) is 0 Å². The molecule has 2 amide bonds. The minimum atomic E-state index is -4.55. The number of alkyl carbamates (subject to hydrolysis) is 1. The molecule has 8 nitrogen and oxygen atoms in total. The van der Waals surface area contributed by atoms with Gasteiger partial charge < -0.3 is 31.2 Å². The number of carbonyl (C=O) groups is 2. The van der Waals surface area contributed by atoms with Gasteiger partial charge in [-0.25, -0.2) is 18.0 Å². The Morgan fingerprint density at radius 1 is 1.00 bits per heavy atom. The van der Waals surface area contributed by atoms with Gasteiger partial charge in [0.1, 0.15) is 30.6 Å². The van der Waals surface area contributed by atoms with Gasteiger partial charge >= 0.3 is 12.3 Å². The predicted molar refractivity (Wildman–Crippen MR) is 153 cm³/mol. The number of benzene rings is 3. The second-order valence-corrected chi connectivity index (χ2v) is 10.5. The molecule has 1 heterocycles. The topological polar surface area (TPSA) is 115 Å². The van der Waals surface area contributed by atoms with Gasteiger partial charge in [0.2, 0.25) is 5.91 Å². The molecule has 0 unspecified atom stereocenters. The van der Waals surface area contributed by atoms with Crippen LogP contribution in [-0.4, -0.2) is 62.7 Å². The summed E-state index contributed by atoms with van der Waals surface area (Å²) in [6.07, 6.45) is -5.63. The van der Waals surface area contributed by atoms with Gasteiger partial charge in [0, 0.05) is 23.7 Å². The molecule has 5 N–H and O–H groups in total. The molecule has 14 heteroatoms. The molecule has 3 aromatic carbocycles. The Bertz CT molecular complexity index is 1450. The highest BCUT2D eigenvalue weighted by atomic mass is 19.4. The smallest absolute Gasteiger partial charge is 0.407 e. The molecule has 0 bridgehead atoms. The Labute approximate surface area is 255 Å². The van der Waals surface area contributed by atoms with E-state index in [9.17, 15) is 35.9 Å². The molecule has 0 aromatic heterocycles. The van der Waals surface area contributed by atoms with Crippen molar-refractivity contribution in [1.29, 1.82) is 0 Å². The first-order valence-electron chi connectivity index (χ1n) is 14.1. The van der Waals surface area contributed by atoms with E-state index in [1.54, 1.807) is 11.4 Å². The largest absolute Gasteiger partial charge is 0.448 e. The first-order valence-corrected chi connectivity index (χ1v) is 14.1. The van der Waals surface area contributed by atoms with Crippen LogP contribution < -0.4 is 21.7 Å². The maximum Gasteiger partial charge on any atom is 0.407 e. The summed E-state index contributed by atoms with van der Waals surface area (Å²) in [5.74, 6) is -3.11. The highest BCUT2D eigenvalue weighted by Crippen LogP contribution is 2.30. The monoisotopic (exact) mass is 638 g/mol. The molecular weight excluding hydrogens is 606 g/mol. The minimum Gasteiger partial charge on any atom is -0.448 e. The van der Waals surface area contributed by atoms with E-state index in [2.05, 4.69) is 10.6 Å². The number of amides is 2. The summed E-state index contributed by atoms with van der Waals surface area (Å²) in [5, 5.41) is 7.37. The SMILES string of the molecule is N[C@H](C(=O)Nc1cccc(F)c1CC[C@@H]1CN[C@H](COC(=O)NCC(F)(F)F)CO1)[C@@H](c1ccc(F)cc1)c1cccc(F)c1. The van der Waals surface area contributed by atoms with E-state index in [1.807, 2.05) is 0 Å². The summed E-state index contributed by atoms with van der Waals surface area (Å²) in [6.45, 7) is -1.33. The quantitative estimate of drug-likeness (QED) is 0.225. The number of anilines is 1. The number of hydrogen-bond acceptors (Lipinski definition) is 6. The van der Waals surface area contributed by atoms with Gasteiger partial charge in [-0.15, -0.1) is 0 Å². The highest BCUT2D eigenvalue weighted by molar-refractivity contribution is 5.96. The fourth-order valence-electron chi connectivity index (χ4n) is 4.94. The van der Waals surface area contributed by atoms with Crippen LogP contribution in [0.25, 0.3) is 0 Å². The molecular formula is C31H32F6N4O4. The third kappa shape index (κ3) is 9.93. The molecule has 1 fully saturated rings. The lowest BCUT2D eigenvalue weighted by Crippen LogP contribution is -2.49. The second-order valence-electron chi connectivity index (χ2n) is 10.5. The van der Waals surface area contributed by atoms with Crippen LogP contribution in [0.4, 0.5) is 36.8 Å². The van der Waals surface area contributed by atoms with Crippen LogP contribution in [0.1, 0.15) is 29.0 Å². The van der Waals surface area contributed by atoms with Gasteiger partial charge in [-0.05, 0) is 60.4 Å². The molecule has 0 spiro atoms. The summed E-state index contributed by atoms with van der Waals surface area (Å²) < 4.78 is 89.8. The number of nitrogens with two attached hydrogens (primary N) is 1. The number of ether oxygens (including phenoxy) is 2. The van der Waals surface area contributed by atoms with E-state index < -0.39 is 60.2 Å². The van der Waals surface area contributed by atoms with E-state index in [1.165, 1.54) is 60.7 Å². The van der Waals surface area contributed by atoms with Crippen molar-refractivity contribution in [1.82, 2.24) is 10.6 Å². The Kier molecular flexibility index (Phi) is 11.4. The summed E-state index contributed by atoms with van der Waals surface area (Å²) in [6, 6.07) is 13.4. The van der Waals surface area contributed by atoms with Crippen molar-refractivity contribution in [3.63, 3.8) is 0 Å². The summed E-state index contributed by atoms with van der Waals surface area (Å²) in [5.41, 5.74) is 7.67. The van der Waals surface area contributed by atoms with Gasteiger partial charge in [-0.3, -0.25) is 4.79 Å². The molecule has 45 heavy (non-hydrogen) atoms. The summed E-state index contributed by atoms with van der Waals surface area (Å²) in [7, 11) is 0. The molecule has 0 aliphatic carbocycles. The van der Waals surface area contributed by atoms with Crippen LogP contribution >= 0.6 is 0 Å². The lowest BCUT2D eigenvalue weighted by Gasteiger charge is -2.30. The van der Waals surface area contributed by atoms with Crippen molar-refractivity contribution in [2.45, 2.75) is 43.1 Å². The van der Waals surface area contributed by atoms with Gasteiger partial charge in [0.05, 0.1) is 24.8 Å². The van der Waals surface area contributed by atoms with Crippen LogP contribution in [-0.2, 0) is 20.7 Å². The van der Waals surface area contributed by atoms with Gasteiger partial charge in [-0.1, -0.05) is 30.3 Å². The van der Waals surface area contributed by atoms with Crippen molar-refractivity contribution in [2.24, 2.45) is 5.73 Å². The Morgan fingerprint density at radius 3 is 2.40 bits per heavy atom. The van der Waals surface area contributed by atoms with E-state index in [0.29, 0.717) is 24.1 Å². The normalized spacial score (nSPS) is 18.1. The maximum absolute atomic E-state index is 15.0. The fourth-order valence-corrected chi connectivity index (χ4v) is 4.94. The van der Waals surface area contributed by atoms with Gasteiger partial charge in [0.25, 0.3) is 0 Å². The minimum absolute atomic E-state index is 0.0950. The molecule has 4 atom stereocenters. The highest BCUT2D eigenvalue weighted by Gasteiger charge is 2.30. The average molecular weight is 639 g/mol. The molecule has 0 radical (unpaired) electrons. The van der Waals surface area contributed by atoms with Crippen LogP contribution in [0.2, 0.25) is 0 Å². The zero-order valence-electron chi connectivity index (χ0n) is 23.9. The fraction of sp³-hybridized carbons (Fsp3) is 0.355. The first kappa shape index (κ1) is 33.7. The van der Waals surface area contributed by atoms with Crippen LogP contribution in [0.3, 0.4) is 0 Å². The number of morpholine rings is 1. The molecule has 1 aliphatic heterocycles. The Hall–Kier alpha value is -4.14. The van der Waals surface area contributed by atoms with Crippen LogP contribution in [0.15, 0.2) is 66.7 Å². The molecule has 3 aromatic rings. The van der Waals surface area contributed by atoms with Crippen LogP contribution in [0, 0.1) is 17.5 Å². The number of halogens is 6. The zero-order valence-corrected chi connectivity index (χ0v) is 23.9. The molecule has 1 aliphatic rings. The van der Waals surface area contributed by atoms with Gasteiger partial charge in [0.15, 0.2) is 0 Å². The predicted octanol–water partition coefficient (Wildman–Crippen LogP) is 4.78. The third-order valence-corrected chi connectivity index (χ3v) is 7.21. The van der Waals surface area contributed by atoms with Crippen molar-refractivity contribution in [2.75, 3.05) is 31.6 Å². The second kappa shape index (κ2) is 15.2. The van der Waals surface area contributed by atoms with Crippen molar-refractivity contribution in [3.8, 4) is 0 Å². The zero-order chi connectivity index (χ0) is 32.6. The third-order valence-electron chi connectivity index (χ3n) is 7.21. The Morgan fingerprint density at radius 2 is 1.73 bits per heavy atom. The number of carbonyl (C=O) groups excluding carboxylic acids is 2. The van der Waals surface area contributed by atoms with E-state index in [0.717, 1.165) is 0 Å². The van der Waals surface area contributed by atoms with E-state index in [4.69, 9.17) is 15.2 Å². The summed E-state index contributed by atoms with van der Waals surface area (Å²) in [4.78, 5) is 24.8. The first-order chi connectivity index (χ1) is 21.4. The lowest BCUT2D eigenvalue weighted by molar-refractivity contribution is -0.124. The Balaban J connectivity index is 1.36. The van der Waals surface area contributed by atoms with E-state index >= 15 is 0 Å². The average Bonchev–Trinajstić information content (AvgIpc) is 3.00. The molecule has 242 valence electrons. The number of hydrogen-bond donors (Lipinski definition) is 4. The van der Waals surface area contributed by atoms with E-state index in [-0.39, 0.29) is 37.0 Å². The van der Waals surface area contributed by atoms with Crippen molar-refractivity contribution in [3.05, 3.63) is 101 Å². The molecule has 0 saturated carbocycles. The lowest BCUT2D eigenvalue weighted by atomic mass is 9.85. The molecule has 4 rings (SSSR count). The summed E-state index contributed by atoms with van der Waals surface area (Å²) >= 11 is 0. The van der Waals surface area contributed by atoms with Crippen molar-refractivity contribution < 1.29 is 45.4 Å². The van der Waals surface area contributed by atoms with Gasteiger partial charge in [-0.2, -0.15) is 13.2 Å². The van der Waals surface area contributed by atoms with Crippen molar-refractivity contribution >= 4 is 17.7 Å². The standard InChI is InChI=1S/C31H32F6N4O4/c32-20-9-7-18(8-10-20)27(19-3-1-4-21(33)13-19)28(38)29(42)41-26-6-2-5-25(34)24(26)12-11-23-14-39-22(15-44-23)16-45-30(43)40-17-31(35,36)37/h1-10,13,22-23,27-28,39H,11-12,14-17,38H2,(H,40,43)(H,41,42)/t22-,23+,27-,28-/m0/s1.